The van der Waals surface area contributed by atoms with Gasteiger partial charge < -0.3 is 14.8 Å². The van der Waals surface area contributed by atoms with Crippen LogP contribution in [-0.2, 0) is 13.6 Å². The highest BCUT2D eigenvalue weighted by atomic mass is 32.1. The molecular weight excluding hydrogens is 352 g/mol. The average molecular weight is 373 g/mol. The predicted molar refractivity (Wildman–Crippen MR) is 106 cm³/mol. The van der Waals surface area contributed by atoms with Crippen molar-refractivity contribution in [3.8, 4) is 0 Å². The van der Waals surface area contributed by atoms with Crippen LogP contribution in [0.15, 0.2) is 48.7 Å². The first-order valence-electron chi connectivity index (χ1n) is 8.42. The van der Waals surface area contributed by atoms with Gasteiger partial charge in [0.25, 0.3) is 0 Å². The lowest BCUT2D eigenvalue weighted by Crippen LogP contribution is -2.39. The van der Waals surface area contributed by atoms with Crippen LogP contribution < -0.4 is 5.32 Å². The Bertz CT molecular complexity index is 929. The van der Waals surface area contributed by atoms with Gasteiger partial charge in [0.1, 0.15) is 11.6 Å². The number of aromatic nitrogens is 1. The van der Waals surface area contributed by atoms with E-state index in [0.29, 0.717) is 17.3 Å². The zero-order valence-corrected chi connectivity index (χ0v) is 15.8. The fraction of sp³-hybridized carbons (Fsp3) is 0.250. The van der Waals surface area contributed by atoms with Crippen LogP contribution in [0.5, 0.6) is 0 Å². The molecular formula is C20H21F2N3S. The minimum Gasteiger partial charge on any atom is -0.350 e. The zero-order chi connectivity index (χ0) is 18.8. The molecule has 6 heteroatoms. The fourth-order valence-corrected chi connectivity index (χ4v) is 3.44. The summed E-state index contributed by atoms with van der Waals surface area (Å²) >= 11 is 5.51. The van der Waals surface area contributed by atoms with Crippen molar-refractivity contribution in [1.82, 2.24) is 9.47 Å². The lowest BCUT2D eigenvalue weighted by atomic mass is 10.1. The van der Waals surface area contributed by atoms with Crippen molar-refractivity contribution in [2.75, 3.05) is 5.32 Å². The molecule has 1 N–H and O–H groups in total. The van der Waals surface area contributed by atoms with E-state index < -0.39 is 11.6 Å². The number of hydrogen-bond acceptors (Lipinski definition) is 1. The van der Waals surface area contributed by atoms with E-state index in [1.54, 1.807) is 0 Å². The van der Waals surface area contributed by atoms with Gasteiger partial charge in [-0.15, -0.1) is 0 Å². The minimum atomic E-state index is -0.638. The van der Waals surface area contributed by atoms with Gasteiger partial charge in [-0.3, -0.25) is 0 Å². The van der Waals surface area contributed by atoms with Gasteiger partial charge in [-0.05, 0) is 49.8 Å². The largest absolute Gasteiger partial charge is 0.350 e. The Kier molecular flexibility index (Phi) is 5.23. The van der Waals surface area contributed by atoms with E-state index in [1.165, 1.54) is 17.5 Å². The van der Waals surface area contributed by atoms with Gasteiger partial charge in [0.05, 0.1) is 0 Å². The number of nitrogens with zero attached hydrogens (tertiary/aromatic N) is 2. The molecule has 136 valence electrons. The molecule has 0 saturated heterocycles. The lowest BCUT2D eigenvalue weighted by Gasteiger charge is -2.29. The molecule has 3 rings (SSSR count). The summed E-state index contributed by atoms with van der Waals surface area (Å²) in [6, 6.07) is 11.6. The molecule has 0 aliphatic carbocycles. The third-order valence-corrected chi connectivity index (χ3v) is 4.65. The van der Waals surface area contributed by atoms with Crippen LogP contribution in [0.2, 0.25) is 0 Å². The summed E-state index contributed by atoms with van der Waals surface area (Å²) in [5, 5.41) is 4.55. The number of para-hydroxylation sites is 1. The fourth-order valence-electron chi connectivity index (χ4n) is 3.05. The average Bonchev–Trinajstić information content (AvgIpc) is 2.88. The van der Waals surface area contributed by atoms with Gasteiger partial charge in [0.2, 0.25) is 0 Å². The molecule has 0 fully saturated rings. The van der Waals surface area contributed by atoms with Gasteiger partial charge in [-0.25, -0.2) is 8.78 Å². The van der Waals surface area contributed by atoms with E-state index in [-0.39, 0.29) is 6.04 Å². The molecule has 0 aliphatic heterocycles. The molecule has 2 aromatic carbocycles. The molecule has 0 radical (unpaired) electrons. The van der Waals surface area contributed by atoms with Crippen LogP contribution in [0.3, 0.4) is 0 Å². The smallest absolute Gasteiger partial charge is 0.173 e. The Morgan fingerprint density at radius 1 is 1.15 bits per heavy atom. The normalized spacial score (nSPS) is 11.2. The highest BCUT2D eigenvalue weighted by Gasteiger charge is 2.17. The van der Waals surface area contributed by atoms with Crippen molar-refractivity contribution in [2.45, 2.75) is 26.4 Å². The van der Waals surface area contributed by atoms with E-state index in [1.807, 2.05) is 37.9 Å². The second kappa shape index (κ2) is 7.41. The summed E-state index contributed by atoms with van der Waals surface area (Å²) in [5.41, 5.74) is 2.60. The lowest BCUT2D eigenvalue weighted by molar-refractivity contribution is 0.349. The number of nitrogens with one attached hydrogen (secondary N) is 1. The standard InChI is InChI=1S/C20H21F2N3S/c1-13(2)25(20(26)23-17-9-15(21)8-16(22)10-17)12-14-11-24(3)19-7-5-4-6-18(14)19/h4-11,13H,12H2,1-3H3,(H,23,26). The van der Waals surface area contributed by atoms with Crippen LogP contribution in [0.25, 0.3) is 10.9 Å². The van der Waals surface area contributed by atoms with Gasteiger partial charge >= 0.3 is 0 Å². The molecule has 0 saturated carbocycles. The SMILES string of the molecule is CC(C)N(Cc1cn(C)c2ccccc12)C(=S)Nc1cc(F)cc(F)c1. The van der Waals surface area contributed by atoms with E-state index in [2.05, 4.69) is 28.2 Å². The topological polar surface area (TPSA) is 20.2 Å². The Labute approximate surface area is 157 Å². The minimum absolute atomic E-state index is 0.118. The summed E-state index contributed by atoms with van der Waals surface area (Å²) in [5.74, 6) is -1.28. The van der Waals surface area contributed by atoms with Crippen molar-refractivity contribution >= 4 is 33.9 Å². The van der Waals surface area contributed by atoms with Crippen molar-refractivity contribution in [2.24, 2.45) is 7.05 Å². The van der Waals surface area contributed by atoms with Crippen LogP contribution in [0, 0.1) is 11.6 Å². The summed E-state index contributed by atoms with van der Waals surface area (Å²) in [6.45, 7) is 4.67. The molecule has 26 heavy (non-hydrogen) atoms. The van der Waals surface area contributed by atoms with Crippen molar-refractivity contribution < 1.29 is 8.78 Å². The molecule has 0 aliphatic rings. The maximum Gasteiger partial charge on any atom is 0.173 e. The van der Waals surface area contributed by atoms with Gasteiger partial charge in [-0.1, -0.05) is 18.2 Å². The number of rotatable bonds is 4. The monoisotopic (exact) mass is 373 g/mol. The number of anilines is 1. The van der Waals surface area contributed by atoms with E-state index in [4.69, 9.17) is 12.2 Å². The van der Waals surface area contributed by atoms with E-state index >= 15 is 0 Å². The summed E-state index contributed by atoms with van der Waals surface area (Å²) in [4.78, 5) is 2.00. The first kappa shape index (κ1) is 18.3. The van der Waals surface area contributed by atoms with Crippen LogP contribution in [0.1, 0.15) is 19.4 Å². The van der Waals surface area contributed by atoms with Gasteiger partial charge in [-0.2, -0.15) is 0 Å². The maximum absolute atomic E-state index is 13.4. The molecule has 0 amide bonds. The molecule has 0 atom stereocenters. The molecule has 3 aromatic rings. The Hall–Kier alpha value is -2.47. The van der Waals surface area contributed by atoms with Crippen LogP contribution in [-0.4, -0.2) is 20.6 Å². The third-order valence-electron chi connectivity index (χ3n) is 4.32. The highest BCUT2D eigenvalue weighted by molar-refractivity contribution is 7.80. The number of thiocarbonyl (C=S) groups is 1. The molecule has 3 nitrogen and oxygen atoms in total. The number of halogens is 2. The Balaban J connectivity index is 1.85. The molecule has 1 heterocycles. The quantitative estimate of drug-likeness (QED) is 0.645. The summed E-state index contributed by atoms with van der Waals surface area (Å²) in [7, 11) is 2.01. The van der Waals surface area contributed by atoms with Gasteiger partial charge in [0.15, 0.2) is 5.11 Å². The first-order valence-corrected chi connectivity index (χ1v) is 8.82. The Morgan fingerprint density at radius 2 is 1.81 bits per heavy atom. The number of hydrogen-bond donors (Lipinski definition) is 1. The zero-order valence-electron chi connectivity index (χ0n) is 15.0. The Morgan fingerprint density at radius 3 is 2.46 bits per heavy atom. The van der Waals surface area contributed by atoms with Crippen molar-refractivity contribution in [3.63, 3.8) is 0 Å². The number of fused-ring (bicyclic) bond motifs is 1. The van der Waals surface area contributed by atoms with Crippen LogP contribution >= 0.6 is 12.2 Å². The second-order valence-corrected chi connectivity index (χ2v) is 6.98. The number of benzene rings is 2. The third kappa shape index (κ3) is 3.85. The molecule has 0 bridgehead atoms. The van der Waals surface area contributed by atoms with E-state index in [9.17, 15) is 8.78 Å². The van der Waals surface area contributed by atoms with Crippen molar-refractivity contribution in [1.29, 1.82) is 0 Å². The van der Waals surface area contributed by atoms with Crippen molar-refractivity contribution in [3.05, 3.63) is 65.9 Å². The number of aryl methyl sites for hydroxylation is 1. The van der Waals surface area contributed by atoms with E-state index in [0.717, 1.165) is 17.1 Å². The molecule has 0 unspecified atom stereocenters. The maximum atomic E-state index is 13.4. The predicted octanol–water partition coefficient (Wildman–Crippen LogP) is 5.06. The first-order chi connectivity index (χ1) is 12.3. The summed E-state index contributed by atoms with van der Waals surface area (Å²) < 4.78 is 28.9. The molecule has 0 spiro atoms. The van der Waals surface area contributed by atoms with Crippen LogP contribution in [0.4, 0.5) is 14.5 Å². The highest BCUT2D eigenvalue weighted by Crippen LogP contribution is 2.23. The van der Waals surface area contributed by atoms with Gasteiger partial charge in [0, 0.05) is 48.5 Å². The summed E-state index contributed by atoms with van der Waals surface area (Å²) in [6.07, 6.45) is 2.09. The molecule has 1 aromatic heterocycles. The second-order valence-electron chi connectivity index (χ2n) is 6.59.